The number of rotatable bonds is 2. The van der Waals surface area contributed by atoms with E-state index in [4.69, 9.17) is 9.84 Å². The monoisotopic (exact) mass is 336 g/mol. The van der Waals surface area contributed by atoms with Gasteiger partial charge in [-0.05, 0) is 36.8 Å². The Morgan fingerprint density at radius 1 is 1.26 bits per heavy atom. The first kappa shape index (κ1) is 15.0. The summed E-state index contributed by atoms with van der Waals surface area (Å²) >= 11 is 1.29. The summed E-state index contributed by atoms with van der Waals surface area (Å²) in [7, 11) is 0. The number of carboxylic acids is 1. The molecule has 0 spiro atoms. The first-order valence-corrected chi connectivity index (χ1v) is 8.94. The van der Waals surface area contributed by atoms with E-state index in [-0.39, 0.29) is 12.1 Å². The van der Waals surface area contributed by atoms with Crippen LogP contribution in [0.5, 0.6) is 0 Å². The van der Waals surface area contributed by atoms with Crippen LogP contribution in [-0.4, -0.2) is 59.3 Å². The number of thiophene rings is 1. The molecule has 1 atom stereocenters. The topological polar surface area (TPSA) is 70.1 Å². The van der Waals surface area contributed by atoms with Gasteiger partial charge in [-0.25, -0.2) is 9.59 Å². The highest BCUT2D eigenvalue weighted by Gasteiger charge is 2.37. The van der Waals surface area contributed by atoms with Crippen LogP contribution in [0.15, 0.2) is 6.07 Å². The lowest BCUT2D eigenvalue weighted by Crippen LogP contribution is -2.52. The summed E-state index contributed by atoms with van der Waals surface area (Å²) in [4.78, 5) is 29.0. The average Bonchev–Trinajstić information content (AvgIpc) is 3.32. The fourth-order valence-corrected chi connectivity index (χ4v) is 4.46. The van der Waals surface area contributed by atoms with Gasteiger partial charge in [-0.2, -0.15) is 0 Å². The first-order chi connectivity index (χ1) is 11.1. The maximum atomic E-state index is 12.8. The molecule has 124 valence electrons. The number of carbonyl (C=O) groups excluding carboxylic acids is 1. The summed E-state index contributed by atoms with van der Waals surface area (Å²) < 4.78 is 5.78. The van der Waals surface area contributed by atoms with Crippen molar-refractivity contribution in [2.24, 2.45) is 5.92 Å². The maximum absolute atomic E-state index is 12.8. The van der Waals surface area contributed by atoms with E-state index in [1.807, 2.05) is 9.80 Å². The summed E-state index contributed by atoms with van der Waals surface area (Å²) in [5.41, 5.74) is 1.08. The molecule has 2 fully saturated rings. The quantitative estimate of drug-likeness (QED) is 0.897. The molecular weight excluding hydrogens is 316 g/mol. The highest BCUT2D eigenvalue weighted by atomic mass is 32.1. The SMILES string of the molecule is O=C(O)c1cc2c(s1)CN(C(=O)N1CCOC(C3CC3)C1)CC2. The van der Waals surface area contributed by atoms with Gasteiger partial charge in [-0.3, -0.25) is 0 Å². The van der Waals surface area contributed by atoms with Crippen LogP contribution in [0.2, 0.25) is 0 Å². The van der Waals surface area contributed by atoms with Gasteiger partial charge in [0.15, 0.2) is 0 Å². The Morgan fingerprint density at radius 3 is 2.83 bits per heavy atom. The molecule has 0 radical (unpaired) electrons. The standard InChI is InChI=1S/C16H20N2O4S/c19-15(20)13-7-11-3-4-17(9-14(11)23-13)16(21)18-5-6-22-12(8-18)10-1-2-10/h7,10,12H,1-6,8-9H2,(H,19,20). The zero-order chi connectivity index (χ0) is 16.0. The van der Waals surface area contributed by atoms with Gasteiger partial charge in [0, 0.05) is 24.5 Å². The number of carboxylic acid groups (broad SMARTS) is 1. The van der Waals surface area contributed by atoms with Crippen molar-refractivity contribution in [1.29, 1.82) is 0 Å². The van der Waals surface area contributed by atoms with Gasteiger partial charge in [-0.1, -0.05) is 0 Å². The molecule has 2 aliphatic heterocycles. The molecule has 23 heavy (non-hydrogen) atoms. The summed E-state index contributed by atoms with van der Waals surface area (Å²) in [6, 6.07) is 1.82. The fraction of sp³-hybridized carbons (Fsp3) is 0.625. The van der Waals surface area contributed by atoms with Crippen LogP contribution in [0.3, 0.4) is 0 Å². The predicted molar refractivity (Wildman–Crippen MR) is 84.8 cm³/mol. The second kappa shape index (κ2) is 5.79. The molecule has 0 aromatic carbocycles. The lowest BCUT2D eigenvalue weighted by Gasteiger charge is -2.37. The Bertz CT molecular complexity index is 640. The van der Waals surface area contributed by atoms with E-state index >= 15 is 0 Å². The second-order valence-corrected chi connectivity index (χ2v) is 7.65. The van der Waals surface area contributed by atoms with E-state index in [1.54, 1.807) is 6.07 Å². The third-order valence-electron chi connectivity index (χ3n) is 4.88. The van der Waals surface area contributed by atoms with Crippen molar-refractivity contribution in [1.82, 2.24) is 9.80 Å². The molecule has 1 saturated carbocycles. The van der Waals surface area contributed by atoms with E-state index in [1.165, 1.54) is 24.2 Å². The number of aromatic carboxylic acids is 1. The van der Waals surface area contributed by atoms with Crippen molar-refractivity contribution in [3.05, 3.63) is 21.4 Å². The minimum atomic E-state index is -0.886. The van der Waals surface area contributed by atoms with Crippen molar-refractivity contribution in [2.45, 2.75) is 31.9 Å². The Hall–Kier alpha value is -1.60. The fourth-order valence-electron chi connectivity index (χ4n) is 3.39. The molecule has 1 unspecified atom stereocenters. The van der Waals surface area contributed by atoms with Crippen LogP contribution in [0.4, 0.5) is 4.79 Å². The van der Waals surface area contributed by atoms with Crippen molar-refractivity contribution in [3.63, 3.8) is 0 Å². The lowest BCUT2D eigenvalue weighted by molar-refractivity contribution is -0.0302. The van der Waals surface area contributed by atoms with E-state index in [0.717, 1.165) is 16.9 Å². The van der Waals surface area contributed by atoms with Gasteiger partial charge in [-0.15, -0.1) is 11.3 Å². The number of fused-ring (bicyclic) bond motifs is 1. The molecule has 3 heterocycles. The van der Waals surface area contributed by atoms with Crippen LogP contribution >= 0.6 is 11.3 Å². The van der Waals surface area contributed by atoms with E-state index in [2.05, 4.69) is 0 Å². The van der Waals surface area contributed by atoms with Crippen molar-refractivity contribution in [2.75, 3.05) is 26.2 Å². The number of carbonyl (C=O) groups is 2. The van der Waals surface area contributed by atoms with Crippen LogP contribution in [0.25, 0.3) is 0 Å². The van der Waals surface area contributed by atoms with Crippen LogP contribution in [0, 0.1) is 5.92 Å². The normalized spacial score (nSPS) is 24.4. The van der Waals surface area contributed by atoms with Gasteiger partial charge in [0.1, 0.15) is 4.88 Å². The van der Waals surface area contributed by atoms with Gasteiger partial charge < -0.3 is 19.6 Å². The summed E-state index contributed by atoms with van der Waals surface area (Å²) in [5, 5.41) is 9.11. The van der Waals surface area contributed by atoms with Crippen molar-refractivity contribution < 1.29 is 19.4 Å². The second-order valence-electron chi connectivity index (χ2n) is 6.51. The largest absolute Gasteiger partial charge is 0.477 e. The Kier molecular flexibility index (Phi) is 3.77. The maximum Gasteiger partial charge on any atom is 0.345 e. The third-order valence-corrected chi connectivity index (χ3v) is 6.03. The van der Waals surface area contributed by atoms with Crippen LogP contribution in [-0.2, 0) is 17.7 Å². The molecule has 3 aliphatic rings. The van der Waals surface area contributed by atoms with Crippen molar-refractivity contribution >= 4 is 23.3 Å². The van der Waals surface area contributed by atoms with Gasteiger partial charge in [0.25, 0.3) is 0 Å². The van der Waals surface area contributed by atoms with E-state index in [0.29, 0.717) is 43.6 Å². The van der Waals surface area contributed by atoms with Gasteiger partial charge in [0.05, 0.1) is 19.3 Å². The highest BCUT2D eigenvalue weighted by Crippen LogP contribution is 2.36. The van der Waals surface area contributed by atoms with Crippen LogP contribution in [0.1, 0.15) is 33.0 Å². The molecule has 1 saturated heterocycles. The zero-order valence-electron chi connectivity index (χ0n) is 12.9. The number of ether oxygens (including phenoxy) is 1. The summed E-state index contributed by atoms with van der Waals surface area (Å²) in [5.74, 6) is -0.253. The van der Waals surface area contributed by atoms with Gasteiger partial charge in [0.2, 0.25) is 0 Å². The molecule has 0 bridgehead atoms. The number of hydrogen-bond acceptors (Lipinski definition) is 4. The minimum absolute atomic E-state index is 0.0647. The molecule has 4 rings (SSSR count). The Morgan fingerprint density at radius 2 is 2.09 bits per heavy atom. The first-order valence-electron chi connectivity index (χ1n) is 8.12. The van der Waals surface area contributed by atoms with Crippen LogP contribution < -0.4 is 0 Å². The lowest BCUT2D eigenvalue weighted by atomic mass is 10.1. The summed E-state index contributed by atoms with van der Waals surface area (Å²) in [6.45, 7) is 3.15. The zero-order valence-corrected chi connectivity index (χ0v) is 13.7. The summed E-state index contributed by atoms with van der Waals surface area (Å²) in [6.07, 6.45) is 3.37. The minimum Gasteiger partial charge on any atom is -0.477 e. The predicted octanol–water partition coefficient (Wildman–Crippen LogP) is 2.04. The average molecular weight is 336 g/mol. The molecule has 1 aromatic heterocycles. The number of urea groups is 1. The van der Waals surface area contributed by atoms with E-state index in [9.17, 15) is 9.59 Å². The molecule has 1 aromatic rings. The molecule has 6 nitrogen and oxygen atoms in total. The molecule has 2 amide bonds. The molecular formula is C16H20N2O4S. The number of morpholine rings is 1. The molecule has 1 N–H and O–H groups in total. The van der Waals surface area contributed by atoms with Gasteiger partial charge >= 0.3 is 12.0 Å². The molecule has 7 heteroatoms. The smallest absolute Gasteiger partial charge is 0.345 e. The Balaban J connectivity index is 1.43. The number of amides is 2. The Labute approximate surface area is 138 Å². The number of hydrogen-bond donors (Lipinski definition) is 1. The highest BCUT2D eigenvalue weighted by molar-refractivity contribution is 7.14. The molecule has 1 aliphatic carbocycles. The number of nitrogens with zero attached hydrogens (tertiary/aromatic N) is 2. The van der Waals surface area contributed by atoms with Crippen molar-refractivity contribution in [3.8, 4) is 0 Å². The third kappa shape index (κ3) is 2.95. The van der Waals surface area contributed by atoms with E-state index < -0.39 is 5.97 Å².